The Kier molecular flexibility index (Phi) is 3.55. The fourth-order valence-corrected chi connectivity index (χ4v) is 1.14. The Hall–Kier alpha value is -1.55. The fourth-order valence-electron chi connectivity index (χ4n) is 1.01. The quantitative estimate of drug-likeness (QED) is 0.850. The van der Waals surface area contributed by atoms with Crippen molar-refractivity contribution >= 4 is 23.5 Å². The first-order chi connectivity index (χ1) is 7.33. The van der Waals surface area contributed by atoms with E-state index in [0.29, 0.717) is 10.6 Å². The highest BCUT2D eigenvalue weighted by Crippen LogP contribution is 2.11. The summed E-state index contributed by atoms with van der Waals surface area (Å²) in [6, 6.07) is 6.22. The molecule has 0 heterocycles. The van der Waals surface area contributed by atoms with Gasteiger partial charge in [-0.15, -0.1) is 0 Å². The van der Waals surface area contributed by atoms with Gasteiger partial charge in [-0.2, -0.15) is 0 Å². The predicted molar refractivity (Wildman–Crippen MR) is 60.6 cm³/mol. The lowest BCUT2D eigenvalue weighted by atomic mass is 10.1. The zero-order chi connectivity index (χ0) is 12.3. The summed E-state index contributed by atoms with van der Waals surface area (Å²) in [7, 11) is 0. The Balaban J connectivity index is 2.81. The summed E-state index contributed by atoms with van der Waals surface area (Å²) in [5, 5.41) is 11.8. The van der Waals surface area contributed by atoms with Crippen molar-refractivity contribution in [2.75, 3.05) is 0 Å². The zero-order valence-electron chi connectivity index (χ0n) is 8.95. The molecular weight excluding hydrogens is 230 g/mol. The van der Waals surface area contributed by atoms with E-state index in [1.807, 2.05) is 0 Å². The van der Waals surface area contributed by atoms with E-state index in [1.165, 1.54) is 26.0 Å². The maximum absolute atomic E-state index is 11.7. The highest BCUT2D eigenvalue weighted by atomic mass is 35.5. The molecule has 0 unspecified atom stereocenters. The molecule has 0 radical (unpaired) electrons. The van der Waals surface area contributed by atoms with Crippen molar-refractivity contribution in [3.63, 3.8) is 0 Å². The second-order valence-electron chi connectivity index (χ2n) is 3.89. The number of nitrogens with one attached hydrogen (secondary N) is 1. The van der Waals surface area contributed by atoms with Crippen molar-refractivity contribution in [2.24, 2.45) is 0 Å². The summed E-state index contributed by atoms with van der Waals surface area (Å²) in [6.45, 7) is 2.84. The number of carbonyl (C=O) groups is 2. The van der Waals surface area contributed by atoms with Crippen LogP contribution in [0, 0.1) is 0 Å². The summed E-state index contributed by atoms with van der Waals surface area (Å²) in [5.74, 6) is -1.53. The van der Waals surface area contributed by atoms with Crippen molar-refractivity contribution in [2.45, 2.75) is 19.4 Å². The molecule has 0 saturated carbocycles. The molecule has 1 amide bonds. The minimum atomic E-state index is -1.29. The lowest BCUT2D eigenvalue weighted by Gasteiger charge is -2.20. The number of benzene rings is 1. The van der Waals surface area contributed by atoms with Gasteiger partial charge in [-0.1, -0.05) is 11.6 Å². The van der Waals surface area contributed by atoms with Gasteiger partial charge in [0.05, 0.1) is 0 Å². The number of hydrogen-bond donors (Lipinski definition) is 2. The van der Waals surface area contributed by atoms with Crippen LogP contribution in [-0.4, -0.2) is 22.5 Å². The molecule has 1 aromatic rings. The second-order valence-corrected chi connectivity index (χ2v) is 4.33. The molecule has 0 spiro atoms. The van der Waals surface area contributed by atoms with Gasteiger partial charge in [0.15, 0.2) is 0 Å². The molecular formula is C11H12ClNO3. The van der Waals surface area contributed by atoms with Gasteiger partial charge in [-0.3, -0.25) is 4.79 Å². The first-order valence-electron chi connectivity index (χ1n) is 4.64. The lowest BCUT2D eigenvalue weighted by molar-refractivity contribution is -0.143. The van der Waals surface area contributed by atoms with Crippen molar-refractivity contribution in [3.8, 4) is 0 Å². The van der Waals surface area contributed by atoms with Gasteiger partial charge < -0.3 is 10.4 Å². The van der Waals surface area contributed by atoms with Crippen LogP contribution in [0.3, 0.4) is 0 Å². The van der Waals surface area contributed by atoms with E-state index in [1.54, 1.807) is 12.1 Å². The minimum Gasteiger partial charge on any atom is -0.480 e. The third-order valence-corrected chi connectivity index (χ3v) is 2.32. The maximum atomic E-state index is 11.7. The van der Waals surface area contributed by atoms with Crippen LogP contribution in [0.1, 0.15) is 24.2 Å². The van der Waals surface area contributed by atoms with Crippen LogP contribution in [-0.2, 0) is 4.79 Å². The Labute approximate surface area is 98.2 Å². The number of halogens is 1. The summed E-state index contributed by atoms with van der Waals surface area (Å²) in [5.41, 5.74) is -0.921. The van der Waals surface area contributed by atoms with Gasteiger partial charge in [-0.25, -0.2) is 4.79 Å². The number of hydrogen-bond acceptors (Lipinski definition) is 2. The van der Waals surface area contributed by atoms with E-state index in [4.69, 9.17) is 16.7 Å². The van der Waals surface area contributed by atoms with Crippen molar-refractivity contribution in [3.05, 3.63) is 34.9 Å². The fraction of sp³-hybridized carbons (Fsp3) is 0.273. The Morgan fingerprint density at radius 1 is 1.25 bits per heavy atom. The number of carbonyl (C=O) groups excluding carboxylic acids is 1. The Bertz CT molecular complexity index is 412. The standard InChI is InChI=1S/C11H12ClNO3/c1-11(2,10(15)16)13-9(14)7-3-5-8(12)6-4-7/h3-6H,1-2H3,(H,13,14)(H,15,16). The van der Waals surface area contributed by atoms with Gasteiger partial charge in [0, 0.05) is 10.6 Å². The van der Waals surface area contributed by atoms with Gasteiger partial charge in [0.2, 0.25) is 0 Å². The monoisotopic (exact) mass is 241 g/mol. The van der Waals surface area contributed by atoms with Gasteiger partial charge >= 0.3 is 5.97 Å². The molecule has 0 fully saturated rings. The van der Waals surface area contributed by atoms with E-state index in [-0.39, 0.29) is 0 Å². The number of amides is 1. The molecule has 0 aromatic heterocycles. The van der Waals surface area contributed by atoms with Crippen LogP contribution in [0.5, 0.6) is 0 Å². The molecule has 1 rings (SSSR count). The van der Waals surface area contributed by atoms with Crippen LogP contribution >= 0.6 is 11.6 Å². The van der Waals surface area contributed by atoms with Crippen molar-refractivity contribution in [1.82, 2.24) is 5.32 Å². The highest BCUT2D eigenvalue weighted by molar-refractivity contribution is 6.30. The van der Waals surface area contributed by atoms with E-state index in [0.717, 1.165) is 0 Å². The van der Waals surface area contributed by atoms with Crippen molar-refractivity contribution < 1.29 is 14.7 Å². The molecule has 0 saturated heterocycles. The molecule has 4 nitrogen and oxygen atoms in total. The van der Waals surface area contributed by atoms with Crippen LogP contribution in [0.25, 0.3) is 0 Å². The van der Waals surface area contributed by atoms with E-state index < -0.39 is 17.4 Å². The molecule has 16 heavy (non-hydrogen) atoms. The number of rotatable bonds is 3. The average molecular weight is 242 g/mol. The normalized spacial score (nSPS) is 10.9. The van der Waals surface area contributed by atoms with Gasteiger partial charge in [0.25, 0.3) is 5.91 Å². The molecule has 0 aliphatic rings. The predicted octanol–water partition coefficient (Wildman–Crippen LogP) is 1.93. The second kappa shape index (κ2) is 4.53. The third-order valence-electron chi connectivity index (χ3n) is 2.07. The molecule has 0 aliphatic heterocycles. The topological polar surface area (TPSA) is 66.4 Å². The Morgan fingerprint density at radius 3 is 2.19 bits per heavy atom. The smallest absolute Gasteiger partial charge is 0.328 e. The SMILES string of the molecule is CC(C)(NC(=O)c1ccc(Cl)cc1)C(=O)O. The van der Waals surface area contributed by atoms with Crippen LogP contribution in [0.15, 0.2) is 24.3 Å². The first-order valence-corrected chi connectivity index (χ1v) is 5.02. The van der Waals surface area contributed by atoms with E-state index in [9.17, 15) is 9.59 Å². The largest absolute Gasteiger partial charge is 0.480 e. The highest BCUT2D eigenvalue weighted by Gasteiger charge is 2.29. The summed E-state index contributed by atoms with van der Waals surface area (Å²) in [6.07, 6.45) is 0. The molecule has 86 valence electrons. The van der Waals surface area contributed by atoms with Gasteiger partial charge in [-0.05, 0) is 38.1 Å². The Morgan fingerprint density at radius 2 is 1.75 bits per heavy atom. The third kappa shape index (κ3) is 2.97. The molecule has 0 aliphatic carbocycles. The molecule has 2 N–H and O–H groups in total. The molecule has 0 atom stereocenters. The van der Waals surface area contributed by atoms with Gasteiger partial charge in [0.1, 0.15) is 5.54 Å². The average Bonchev–Trinajstić information content (AvgIpc) is 2.17. The number of aliphatic carboxylic acids is 1. The summed E-state index contributed by atoms with van der Waals surface area (Å²) >= 11 is 5.67. The van der Waals surface area contributed by atoms with Crippen LogP contribution in [0.2, 0.25) is 5.02 Å². The van der Waals surface area contributed by atoms with Crippen LogP contribution in [0.4, 0.5) is 0 Å². The van der Waals surface area contributed by atoms with Crippen molar-refractivity contribution in [1.29, 1.82) is 0 Å². The molecule has 1 aromatic carbocycles. The zero-order valence-corrected chi connectivity index (χ0v) is 9.71. The summed E-state index contributed by atoms with van der Waals surface area (Å²) in [4.78, 5) is 22.5. The van der Waals surface area contributed by atoms with E-state index >= 15 is 0 Å². The first kappa shape index (κ1) is 12.5. The number of carboxylic acid groups (broad SMARTS) is 1. The lowest BCUT2D eigenvalue weighted by Crippen LogP contribution is -2.49. The van der Waals surface area contributed by atoms with Crippen LogP contribution < -0.4 is 5.32 Å². The maximum Gasteiger partial charge on any atom is 0.328 e. The van der Waals surface area contributed by atoms with E-state index in [2.05, 4.69) is 5.32 Å². The number of carboxylic acids is 1. The molecule has 0 bridgehead atoms. The summed E-state index contributed by atoms with van der Waals surface area (Å²) < 4.78 is 0. The molecule has 5 heteroatoms. The minimum absolute atomic E-state index is 0.374.